The summed E-state index contributed by atoms with van der Waals surface area (Å²) in [5.41, 5.74) is -3.60. The number of fused-ring (bicyclic) bond motifs is 1. The fourth-order valence-corrected chi connectivity index (χ4v) is 1.83. The molecule has 0 saturated heterocycles. The average molecular weight is 319 g/mol. The zero-order chi connectivity index (χ0) is 16.5. The molecule has 116 valence electrons. The molecule has 0 fully saturated rings. The van der Waals surface area contributed by atoms with E-state index in [0.29, 0.717) is 12.1 Å². The Morgan fingerprint density at radius 3 is 2.32 bits per heavy atom. The lowest BCUT2D eigenvalue weighted by atomic mass is 10.1. The van der Waals surface area contributed by atoms with Gasteiger partial charge in [0.15, 0.2) is 0 Å². The molecule has 2 nitrogen and oxygen atoms in total. The second-order valence-corrected chi connectivity index (χ2v) is 4.20. The van der Waals surface area contributed by atoms with E-state index in [1.165, 1.54) is 6.07 Å². The van der Waals surface area contributed by atoms with Crippen LogP contribution in [-0.2, 0) is 12.4 Å². The summed E-state index contributed by atoms with van der Waals surface area (Å²) >= 11 is 0. The summed E-state index contributed by atoms with van der Waals surface area (Å²) in [7, 11) is 0. The summed E-state index contributed by atoms with van der Waals surface area (Å²) in [5.74, 6) is 1.64. The van der Waals surface area contributed by atoms with Crippen molar-refractivity contribution in [2.45, 2.75) is 12.4 Å². The van der Waals surface area contributed by atoms with Crippen molar-refractivity contribution >= 4 is 10.9 Å². The fraction of sp³-hybridized carbons (Fsp3) is 0.214. The van der Waals surface area contributed by atoms with E-state index in [2.05, 4.69) is 4.98 Å². The molecule has 1 aromatic carbocycles. The van der Waals surface area contributed by atoms with Crippen LogP contribution in [0.4, 0.5) is 26.3 Å². The molecule has 0 radical (unpaired) electrons. The summed E-state index contributed by atoms with van der Waals surface area (Å²) in [6, 6.07) is 3.42. The number of benzene rings is 1. The monoisotopic (exact) mass is 319 g/mol. The standard InChI is InChI=1S/C14H7F6NO/c1-2-6-22-10-7-11(14(18,19)20)21-12-8(10)4-3-5-9(12)13(15,16)17/h1,3-5,7H,6H2. The number of para-hydroxylation sites is 1. The van der Waals surface area contributed by atoms with Crippen LogP contribution in [0.5, 0.6) is 5.75 Å². The molecule has 0 aliphatic rings. The number of alkyl halides is 6. The summed E-state index contributed by atoms with van der Waals surface area (Å²) in [4.78, 5) is 3.10. The molecule has 2 rings (SSSR count). The number of terminal acetylenes is 1. The van der Waals surface area contributed by atoms with E-state index in [0.717, 1.165) is 6.07 Å². The number of hydrogen-bond acceptors (Lipinski definition) is 2. The molecule has 0 aliphatic heterocycles. The van der Waals surface area contributed by atoms with Crippen LogP contribution in [0, 0.1) is 12.3 Å². The quantitative estimate of drug-likeness (QED) is 0.609. The molecule has 8 heteroatoms. The van der Waals surface area contributed by atoms with Crippen molar-refractivity contribution in [2.75, 3.05) is 6.61 Å². The van der Waals surface area contributed by atoms with Gasteiger partial charge < -0.3 is 4.74 Å². The highest BCUT2D eigenvalue weighted by Gasteiger charge is 2.37. The van der Waals surface area contributed by atoms with Crippen molar-refractivity contribution in [2.24, 2.45) is 0 Å². The van der Waals surface area contributed by atoms with Gasteiger partial charge in [-0.2, -0.15) is 26.3 Å². The topological polar surface area (TPSA) is 22.1 Å². The first-order chi connectivity index (χ1) is 10.1. The lowest BCUT2D eigenvalue weighted by Gasteiger charge is -2.15. The number of pyridine rings is 1. The van der Waals surface area contributed by atoms with Crippen LogP contribution in [0.15, 0.2) is 24.3 Å². The molecule has 0 aliphatic carbocycles. The minimum absolute atomic E-state index is 0.196. The van der Waals surface area contributed by atoms with Gasteiger partial charge in [-0.05, 0) is 12.1 Å². The van der Waals surface area contributed by atoms with Crippen LogP contribution in [0.2, 0.25) is 0 Å². The van der Waals surface area contributed by atoms with E-state index in [4.69, 9.17) is 11.2 Å². The lowest BCUT2D eigenvalue weighted by Crippen LogP contribution is -2.12. The molecule has 0 N–H and O–H groups in total. The summed E-state index contributed by atoms with van der Waals surface area (Å²) in [6.45, 7) is -0.382. The van der Waals surface area contributed by atoms with E-state index in [9.17, 15) is 26.3 Å². The Balaban J connectivity index is 2.80. The maximum atomic E-state index is 12.9. The SMILES string of the molecule is C#CCOc1cc(C(F)(F)F)nc2c(C(F)(F)F)cccc12. The van der Waals surface area contributed by atoms with E-state index in [1.54, 1.807) is 0 Å². The third-order valence-corrected chi connectivity index (χ3v) is 2.71. The zero-order valence-electron chi connectivity index (χ0n) is 10.7. The number of aromatic nitrogens is 1. The Bertz CT molecular complexity index is 742. The van der Waals surface area contributed by atoms with Gasteiger partial charge in [0.1, 0.15) is 18.1 Å². The largest absolute Gasteiger partial charge is 0.480 e. The molecule has 2 aromatic rings. The van der Waals surface area contributed by atoms with Crippen LogP contribution in [-0.4, -0.2) is 11.6 Å². The number of nitrogens with zero attached hydrogens (tertiary/aromatic N) is 1. The van der Waals surface area contributed by atoms with Gasteiger partial charge in [0.2, 0.25) is 0 Å². The third-order valence-electron chi connectivity index (χ3n) is 2.71. The first-order valence-corrected chi connectivity index (χ1v) is 5.79. The predicted octanol–water partition coefficient (Wildman–Crippen LogP) is 4.28. The van der Waals surface area contributed by atoms with E-state index in [1.807, 2.05) is 5.92 Å². The van der Waals surface area contributed by atoms with Crippen molar-refractivity contribution in [3.05, 3.63) is 35.5 Å². The molecule has 1 aromatic heterocycles. The predicted molar refractivity (Wildman–Crippen MR) is 66.1 cm³/mol. The van der Waals surface area contributed by atoms with Crippen molar-refractivity contribution in [3.8, 4) is 18.1 Å². The van der Waals surface area contributed by atoms with E-state index in [-0.39, 0.29) is 12.0 Å². The highest BCUT2D eigenvalue weighted by molar-refractivity contribution is 5.88. The van der Waals surface area contributed by atoms with E-state index >= 15 is 0 Å². The second-order valence-electron chi connectivity index (χ2n) is 4.20. The van der Waals surface area contributed by atoms with Crippen molar-refractivity contribution in [3.63, 3.8) is 0 Å². The minimum atomic E-state index is -4.92. The van der Waals surface area contributed by atoms with E-state index < -0.39 is 34.9 Å². The summed E-state index contributed by atoms with van der Waals surface area (Å²) < 4.78 is 82.2. The highest BCUT2D eigenvalue weighted by atomic mass is 19.4. The third kappa shape index (κ3) is 3.08. The van der Waals surface area contributed by atoms with Gasteiger partial charge in [-0.3, -0.25) is 0 Å². The van der Waals surface area contributed by atoms with Crippen molar-refractivity contribution < 1.29 is 31.1 Å². The number of rotatable bonds is 2. The first-order valence-electron chi connectivity index (χ1n) is 5.79. The van der Waals surface area contributed by atoms with Crippen LogP contribution >= 0.6 is 0 Å². The van der Waals surface area contributed by atoms with Crippen LogP contribution in [0.1, 0.15) is 11.3 Å². The highest BCUT2D eigenvalue weighted by Crippen LogP contribution is 2.39. The average Bonchev–Trinajstić information content (AvgIpc) is 2.41. The minimum Gasteiger partial charge on any atom is -0.480 e. The molecule has 0 atom stereocenters. The molecule has 1 heterocycles. The zero-order valence-corrected chi connectivity index (χ0v) is 10.7. The molecular weight excluding hydrogens is 312 g/mol. The molecule has 0 unspecified atom stereocenters. The van der Waals surface area contributed by atoms with Gasteiger partial charge in [-0.25, -0.2) is 4.98 Å². The number of hydrogen-bond donors (Lipinski definition) is 0. The first kappa shape index (κ1) is 15.9. The van der Waals surface area contributed by atoms with Gasteiger partial charge in [0.05, 0.1) is 11.1 Å². The number of halogens is 6. The summed E-state index contributed by atoms with van der Waals surface area (Å²) in [5, 5.41) is -0.196. The van der Waals surface area contributed by atoms with Crippen molar-refractivity contribution in [1.29, 1.82) is 0 Å². The Labute approximate surface area is 120 Å². The molecule has 0 spiro atoms. The Kier molecular flexibility index (Phi) is 3.92. The molecule has 0 bridgehead atoms. The van der Waals surface area contributed by atoms with Gasteiger partial charge in [-0.1, -0.05) is 12.0 Å². The lowest BCUT2D eigenvalue weighted by molar-refractivity contribution is -0.142. The van der Waals surface area contributed by atoms with Gasteiger partial charge in [-0.15, -0.1) is 6.42 Å². The van der Waals surface area contributed by atoms with Gasteiger partial charge in [0, 0.05) is 11.5 Å². The Morgan fingerprint density at radius 2 is 1.77 bits per heavy atom. The maximum Gasteiger partial charge on any atom is 0.433 e. The molecule has 0 amide bonds. The van der Waals surface area contributed by atoms with Crippen LogP contribution < -0.4 is 4.74 Å². The summed E-state index contributed by atoms with van der Waals surface area (Å²) in [6.07, 6.45) is -4.81. The van der Waals surface area contributed by atoms with Crippen LogP contribution in [0.3, 0.4) is 0 Å². The molecule has 22 heavy (non-hydrogen) atoms. The van der Waals surface area contributed by atoms with Crippen LogP contribution in [0.25, 0.3) is 10.9 Å². The van der Waals surface area contributed by atoms with Gasteiger partial charge in [0.25, 0.3) is 0 Å². The second kappa shape index (κ2) is 5.40. The smallest absolute Gasteiger partial charge is 0.433 e. The normalized spacial score (nSPS) is 12.2. The maximum absolute atomic E-state index is 12.9. The number of ether oxygens (including phenoxy) is 1. The van der Waals surface area contributed by atoms with Crippen molar-refractivity contribution in [1.82, 2.24) is 4.98 Å². The Morgan fingerprint density at radius 1 is 1.09 bits per heavy atom. The Hall–Kier alpha value is -2.43. The molecule has 0 saturated carbocycles. The molecular formula is C14H7F6NO. The fourth-order valence-electron chi connectivity index (χ4n) is 1.83. The van der Waals surface area contributed by atoms with Gasteiger partial charge >= 0.3 is 12.4 Å².